The first-order valence-corrected chi connectivity index (χ1v) is 6.32. The number of ether oxygens (including phenoxy) is 1. The number of nitriles is 1. The van der Waals surface area contributed by atoms with Crippen molar-refractivity contribution in [3.8, 4) is 24.2 Å². The fourth-order valence-corrected chi connectivity index (χ4v) is 1.83. The van der Waals surface area contributed by atoms with E-state index in [0.29, 0.717) is 18.0 Å². The van der Waals surface area contributed by atoms with Gasteiger partial charge in [-0.15, -0.1) is 6.42 Å². The first-order valence-electron chi connectivity index (χ1n) is 6.32. The first kappa shape index (κ1) is 14.4. The van der Waals surface area contributed by atoms with Crippen molar-refractivity contribution < 1.29 is 9.13 Å². The number of halogens is 1. The molecule has 2 rings (SSSR count). The van der Waals surface area contributed by atoms with E-state index in [9.17, 15) is 4.39 Å². The van der Waals surface area contributed by atoms with E-state index in [4.69, 9.17) is 16.4 Å². The number of para-hydroxylation sites is 1. The smallest absolute Gasteiger partial charge is 0.148 e. The van der Waals surface area contributed by atoms with Crippen LogP contribution in [0.15, 0.2) is 42.5 Å². The Morgan fingerprint density at radius 2 is 2.05 bits per heavy atom. The molecule has 0 amide bonds. The highest BCUT2D eigenvalue weighted by Gasteiger charge is 2.05. The quantitative estimate of drug-likeness (QED) is 0.854. The third-order valence-corrected chi connectivity index (χ3v) is 2.85. The zero-order chi connectivity index (χ0) is 15.1. The summed E-state index contributed by atoms with van der Waals surface area (Å²) in [5, 5.41) is 11.9. The number of terminal acetylenes is 1. The molecule has 0 atom stereocenters. The van der Waals surface area contributed by atoms with E-state index in [1.54, 1.807) is 6.07 Å². The fourth-order valence-electron chi connectivity index (χ4n) is 1.83. The molecule has 0 heterocycles. The summed E-state index contributed by atoms with van der Waals surface area (Å²) in [7, 11) is 0. The summed E-state index contributed by atoms with van der Waals surface area (Å²) in [6, 6.07) is 13.6. The average Bonchev–Trinajstić information content (AvgIpc) is 2.53. The maximum absolute atomic E-state index is 13.2. The monoisotopic (exact) mass is 280 g/mol. The Bertz CT molecular complexity index is 713. The second-order valence-electron chi connectivity index (χ2n) is 4.26. The van der Waals surface area contributed by atoms with Crippen molar-refractivity contribution >= 4 is 5.69 Å². The molecule has 2 aromatic carbocycles. The molecule has 0 spiro atoms. The highest BCUT2D eigenvalue weighted by Crippen LogP contribution is 2.20. The van der Waals surface area contributed by atoms with Crippen molar-refractivity contribution in [1.29, 1.82) is 5.26 Å². The van der Waals surface area contributed by atoms with Crippen molar-refractivity contribution in [2.45, 2.75) is 6.54 Å². The molecule has 0 unspecified atom stereocenters. The molecule has 0 aliphatic carbocycles. The number of rotatable bonds is 5. The Morgan fingerprint density at radius 1 is 1.24 bits per heavy atom. The van der Waals surface area contributed by atoms with Crippen molar-refractivity contribution in [1.82, 2.24) is 0 Å². The molecule has 0 aromatic heterocycles. The summed E-state index contributed by atoms with van der Waals surface area (Å²) in [6.45, 7) is 0.684. The molecule has 104 valence electrons. The van der Waals surface area contributed by atoms with Crippen LogP contribution in [0.2, 0.25) is 0 Å². The largest absolute Gasteiger partial charge is 0.481 e. The third-order valence-electron chi connectivity index (χ3n) is 2.85. The van der Waals surface area contributed by atoms with Crippen LogP contribution in [0.3, 0.4) is 0 Å². The standard InChI is InChI=1S/C17H13FN2O/c1-2-9-21-17-6-4-3-5-13(17)12-20-15-7-8-16(18)14(10-15)11-19/h1,3-8,10,20H,9,12H2. The van der Waals surface area contributed by atoms with Gasteiger partial charge in [0.15, 0.2) is 0 Å². The Morgan fingerprint density at radius 3 is 2.81 bits per heavy atom. The molecule has 3 nitrogen and oxygen atoms in total. The van der Waals surface area contributed by atoms with Gasteiger partial charge in [0.25, 0.3) is 0 Å². The summed E-state index contributed by atoms with van der Waals surface area (Å²) in [6.07, 6.45) is 5.18. The molecule has 4 heteroatoms. The van der Waals surface area contributed by atoms with E-state index < -0.39 is 5.82 Å². The second-order valence-corrected chi connectivity index (χ2v) is 4.26. The lowest BCUT2D eigenvalue weighted by atomic mass is 10.1. The molecule has 0 saturated heterocycles. The van der Waals surface area contributed by atoms with Crippen molar-refractivity contribution in [3.63, 3.8) is 0 Å². The Hall–Kier alpha value is -2.98. The van der Waals surface area contributed by atoms with Crippen LogP contribution in [0.4, 0.5) is 10.1 Å². The van der Waals surface area contributed by atoms with Gasteiger partial charge in [0, 0.05) is 17.8 Å². The molecule has 0 aliphatic heterocycles. The molecular formula is C17H13FN2O. The number of nitrogens with one attached hydrogen (secondary N) is 1. The average molecular weight is 280 g/mol. The summed E-state index contributed by atoms with van der Waals surface area (Å²) >= 11 is 0. The van der Waals surface area contributed by atoms with Crippen LogP contribution in [0, 0.1) is 29.5 Å². The number of anilines is 1. The molecule has 21 heavy (non-hydrogen) atoms. The van der Waals surface area contributed by atoms with Gasteiger partial charge in [-0.05, 0) is 24.3 Å². The third kappa shape index (κ3) is 3.75. The van der Waals surface area contributed by atoms with Crippen LogP contribution >= 0.6 is 0 Å². The summed E-state index contributed by atoms with van der Waals surface area (Å²) in [5.41, 5.74) is 1.60. The minimum Gasteiger partial charge on any atom is -0.481 e. The van der Waals surface area contributed by atoms with Crippen molar-refractivity contribution in [2.75, 3.05) is 11.9 Å². The number of nitrogens with zero attached hydrogens (tertiary/aromatic N) is 1. The molecule has 0 aliphatic rings. The SMILES string of the molecule is C#CCOc1ccccc1CNc1ccc(F)c(C#N)c1. The zero-order valence-corrected chi connectivity index (χ0v) is 11.3. The summed E-state index contributed by atoms with van der Waals surface area (Å²) < 4.78 is 18.7. The highest BCUT2D eigenvalue weighted by molar-refractivity contribution is 5.50. The molecule has 2 aromatic rings. The molecular weight excluding hydrogens is 267 g/mol. The predicted molar refractivity (Wildman–Crippen MR) is 79.2 cm³/mol. The fraction of sp³-hybridized carbons (Fsp3) is 0.118. The normalized spacial score (nSPS) is 9.48. The second kappa shape index (κ2) is 6.98. The number of hydrogen-bond acceptors (Lipinski definition) is 3. The van der Waals surface area contributed by atoms with Crippen LogP contribution in [0.1, 0.15) is 11.1 Å². The zero-order valence-electron chi connectivity index (χ0n) is 11.3. The van der Waals surface area contributed by atoms with Gasteiger partial charge in [-0.2, -0.15) is 5.26 Å². The van der Waals surface area contributed by atoms with Crippen LogP contribution in [-0.2, 0) is 6.54 Å². The highest BCUT2D eigenvalue weighted by atomic mass is 19.1. The van der Waals surface area contributed by atoms with Crippen LogP contribution < -0.4 is 10.1 Å². The Labute approximate surface area is 123 Å². The lowest BCUT2D eigenvalue weighted by Crippen LogP contribution is -2.04. The minimum absolute atomic E-state index is 0.0110. The topological polar surface area (TPSA) is 45.0 Å². The van der Waals surface area contributed by atoms with E-state index in [2.05, 4.69) is 11.2 Å². The Balaban J connectivity index is 2.10. The van der Waals surface area contributed by atoms with Crippen molar-refractivity contribution in [2.24, 2.45) is 0 Å². The number of hydrogen-bond donors (Lipinski definition) is 1. The molecule has 0 saturated carbocycles. The Kier molecular flexibility index (Phi) is 4.79. The minimum atomic E-state index is -0.527. The van der Waals surface area contributed by atoms with E-state index in [0.717, 1.165) is 5.56 Å². The van der Waals surface area contributed by atoms with Gasteiger partial charge < -0.3 is 10.1 Å². The van der Waals surface area contributed by atoms with Gasteiger partial charge in [0.2, 0.25) is 0 Å². The first-order chi connectivity index (χ1) is 10.2. The van der Waals surface area contributed by atoms with Gasteiger partial charge in [0.1, 0.15) is 24.2 Å². The van der Waals surface area contributed by atoms with Crippen LogP contribution in [0.5, 0.6) is 5.75 Å². The van der Waals surface area contributed by atoms with Gasteiger partial charge in [-0.3, -0.25) is 0 Å². The summed E-state index contributed by atoms with van der Waals surface area (Å²) in [4.78, 5) is 0. The van der Waals surface area contributed by atoms with E-state index in [1.807, 2.05) is 30.3 Å². The maximum atomic E-state index is 13.2. The molecule has 1 N–H and O–H groups in total. The number of benzene rings is 2. The maximum Gasteiger partial charge on any atom is 0.148 e. The van der Waals surface area contributed by atoms with Gasteiger partial charge in [-0.1, -0.05) is 24.1 Å². The summed E-state index contributed by atoms with van der Waals surface area (Å²) in [5.74, 6) is 2.59. The van der Waals surface area contributed by atoms with Gasteiger partial charge in [0.05, 0.1) is 5.56 Å². The van der Waals surface area contributed by atoms with Crippen LogP contribution in [0.25, 0.3) is 0 Å². The molecule has 0 fully saturated rings. The lowest BCUT2D eigenvalue weighted by molar-refractivity contribution is 0.366. The van der Waals surface area contributed by atoms with Gasteiger partial charge in [-0.25, -0.2) is 4.39 Å². The molecule has 0 radical (unpaired) electrons. The predicted octanol–water partition coefficient (Wildman–Crippen LogP) is 3.32. The van der Waals surface area contributed by atoms with Gasteiger partial charge >= 0.3 is 0 Å². The molecule has 0 bridgehead atoms. The van der Waals surface area contributed by atoms with E-state index in [-0.39, 0.29) is 12.2 Å². The lowest BCUT2D eigenvalue weighted by Gasteiger charge is -2.11. The van der Waals surface area contributed by atoms with Crippen LogP contribution in [-0.4, -0.2) is 6.61 Å². The van der Waals surface area contributed by atoms with Crippen molar-refractivity contribution in [3.05, 3.63) is 59.4 Å². The van der Waals surface area contributed by atoms with E-state index >= 15 is 0 Å². The van der Waals surface area contributed by atoms with E-state index in [1.165, 1.54) is 12.1 Å².